The first-order chi connectivity index (χ1) is 10.8. The van der Waals surface area contributed by atoms with Crippen LogP contribution in [-0.4, -0.2) is 36.6 Å². The lowest BCUT2D eigenvalue weighted by Gasteiger charge is -2.32. The molecule has 1 aromatic heterocycles. The third-order valence-electron chi connectivity index (χ3n) is 5.69. The summed E-state index contributed by atoms with van der Waals surface area (Å²) >= 11 is 3.54. The van der Waals surface area contributed by atoms with E-state index >= 15 is 0 Å². The van der Waals surface area contributed by atoms with Crippen molar-refractivity contribution in [3.63, 3.8) is 0 Å². The van der Waals surface area contributed by atoms with Crippen molar-refractivity contribution >= 4 is 41.5 Å². The lowest BCUT2D eigenvalue weighted by Crippen LogP contribution is -2.41. The minimum atomic E-state index is -0.569. The molecule has 1 aromatic rings. The van der Waals surface area contributed by atoms with Gasteiger partial charge < -0.3 is 23.0 Å². The molecule has 3 heterocycles. The van der Waals surface area contributed by atoms with Crippen LogP contribution in [0.25, 0.3) is 0 Å². The summed E-state index contributed by atoms with van der Waals surface area (Å²) in [7, 11) is -1.12. The van der Waals surface area contributed by atoms with E-state index in [1.165, 1.54) is 0 Å². The summed E-state index contributed by atoms with van der Waals surface area (Å²) < 4.78 is 31.0. The zero-order chi connectivity index (χ0) is 18.1. The number of rotatable bonds is 2. The fraction of sp³-hybridized carbons (Fsp3) is 0.750. The second kappa shape index (κ2) is 5.36. The van der Waals surface area contributed by atoms with Gasteiger partial charge in [-0.25, -0.2) is 0 Å². The van der Waals surface area contributed by atoms with E-state index in [2.05, 4.69) is 15.9 Å². The maximum atomic E-state index is 6.06. The summed E-state index contributed by atoms with van der Waals surface area (Å²) in [6.07, 6.45) is 0. The first kappa shape index (κ1) is 18.5. The van der Waals surface area contributed by atoms with Gasteiger partial charge in [0.05, 0.1) is 26.9 Å². The van der Waals surface area contributed by atoms with Gasteiger partial charge in [0.1, 0.15) is 11.3 Å². The molecule has 3 rings (SSSR count). The molecule has 5 nitrogen and oxygen atoms in total. The van der Waals surface area contributed by atoms with Crippen LogP contribution in [0.2, 0.25) is 0 Å². The summed E-state index contributed by atoms with van der Waals surface area (Å²) in [6, 6.07) is 1.86. The smallest absolute Gasteiger partial charge is 0.472 e. The SMILES string of the molecule is CC1(C)OB(c2cc(Br)c(B3OC(C)(C)C(C)(C)O3)o2)OC1(C)C. The van der Waals surface area contributed by atoms with Gasteiger partial charge in [0.2, 0.25) is 0 Å². The summed E-state index contributed by atoms with van der Waals surface area (Å²) in [5, 5.41) is 0. The van der Waals surface area contributed by atoms with Crippen LogP contribution in [0.1, 0.15) is 55.4 Å². The van der Waals surface area contributed by atoms with Crippen molar-refractivity contribution in [1.29, 1.82) is 0 Å². The fourth-order valence-electron chi connectivity index (χ4n) is 2.59. The normalized spacial score (nSPS) is 27.0. The minimum absolute atomic E-state index is 0.415. The zero-order valence-corrected chi connectivity index (χ0v) is 17.2. The van der Waals surface area contributed by atoms with E-state index in [-0.39, 0.29) is 0 Å². The summed E-state index contributed by atoms with van der Waals surface area (Å²) in [5.74, 6) is 0. The molecular formula is C16H25B2BrO5. The van der Waals surface area contributed by atoms with Crippen LogP contribution in [0.4, 0.5) is 0 Å². The van der Waals surface area contributed by atoms with Crippen LogP contribution in [0.5, 0.6) is 0 Å². The molecule has 0 saturated carbocycles. The van der Waals surface area contributed by atoms with E-state index in [4.69, 9.17) is 23.0 Å². The Bertz CT molecular complexity index is 621. The van der Waals surface area contributed by atoms with Crippen molar-refractivity contribution in [3.05, 3.63) is 10.5 Å². The fourth-order valence-corrected chi connectivity index (χ4v) is 3.08. The first-order valence-corrected chi connectivity index (χ1v) is 9.05. The molecule has 2 aliphatic heterocycles. The Labute approximate surface area is 153 Å². The predicted octanol–water partition coefficient (Wildman–Crippen LogP) is 2.64. The second-order valence-electron chi connectivity index (χ2n) is 8.54. The molecule has 0 atom stereocenters. The molecular weight excluding hydrogens is 374 g/mol. The molecule has 8 heteroatoms. The third kappa shape index (κ3) is 2.80. The second-order valence-corrected chi connectivity index (χ2v) is 9.39. The van der Waals surface area contributed by atoms with E-state index in [1.54, 1.807) is 0 Å². The van der Waals surface area contributed by atoms with Crippen molar-refractivity contribution in [2.24, 2.45) is 0 Å². The van der Waals surface area contributed by atoms with Gasteiger partial charge in [-0.05, 0) is 77.4 Å². The molecule has 0 unspecified atom stereocenters. The van der Waals surface area contributed by atoms with Crippen LogP contribution in [0, 0.1) is 0 Å². The Kier molecular flexibility index (Phi) is 4.14. The Morgan fingerprint density at radius 3 is 1.50 bits per heavy atom. The highest BCUT2D eigenvalue weighted by Crippen LogP contribution is 2.38. The van der Waals surface area contributed by atoms with E-state index < -0.39 is 36.6 Å². The van der Waals surface area contributed by atoms with Crippen molar-refractivity contribution in [3.8, 4) is 0 Å². The third-order valence-corrected chi connectivity index (χ3v) is 6.30. The molecule has 132 valence electrons. The molecule has 0 aliphatic carbocycles. The molecule has 24 heavy (non-hydrogen) atoms. The Hall–Kier alpha value is -0.270. The van der Waals surface area contributed by atoms with Crippen LogP contribution >= 0.6 is 15.9 Å². The Morgan fingerprint density at radius 1 is 0.708 bits per heavy atom. The maximum Gasteiger partial charge on any atom is 0.533 e. The minimum Gasteiger partial charge on any atom is -0.472 e. The summed E-state index contributed by atoms with van der Waals surface area (Å²) in [4.78, 5) is 0. The van der Waals surface area contributed by atoms with Gasteiger partial charge in [-0.1, -0.05) is 0 Å². The molecule has 2 aliphatic rings. The number of hydrogen-bond donors (Lipinski definition) is 0. The highest BCUT2D eigenvalue weighted by Gasteiger charge is 2.56. The predicted molar refractivity (Wildman–Crippen MR) is 97.8 cm³/mol. The molecule has 0 radical (unpaired) electrons. The summed E-state index contributed by atoms with van der Waals surface area (Å²) in [6.45, 7) is 16.1. The standard InChI is InChI=1S/C16H25B2BrO5/c1-13(2)14(3,4)22-17(21-13)11-9-10(19)12(20-11)18-23-15(5,6)16(7,8)24-18/h9H,1-8H3. The Morgan fingerprint density at radius 2 is 1.08 bits per heavy atom. The van der Waals surface area contributed by atoms with Gasteiger partial charge in [-0.3, -0.25) is 0 Å². The van der Waals surface area contributed by atoms with Gasteiger partial charge >= 0.3 is 14.2 Å². The van der Waals surface area contributed by atoms with Gasteiger partial charge in [-0.2, -0.15) is 0 Å². The van der Waals surface area contributed by atoms with Crippen molar-refractivity contribution < 1.29 is 23.0 Å². The first-order valence-electron chi connectivity index (χ1n) is 8.26. The number of furan rings is 1. The quantitative estimate of drug-likeness (QED) is 0.717. The molecule has 0 spiro atoms. The van der Waals surface area contributed by atoms with Gasteiger partial charge in [-0.15, -0.1) is 0 Å². The van der Waals surface area contributed by atoms with Crippen molar-refractivity contribution in [2.75, 3.05) is 0 Å². The zero-order valence-electron chi connectivity index (χ0n) is 15.7. The van der Waals surface area contributed by atoms with Crippen LogP contribution in [-0.2, 0) is 18.6 Å². The largest absolute Gasteiger partial charge is 0.533 e. The van der Waals surface area contributed by atoms with Crippen LogP contribution < -0.4 is 11.3 Å². The average Bonchev–Trinajstić information content (AvgIpc) is 2.93. The van der Waals surface area contributed by atoms with Crippen molar-refractivity contribution in [2.45, 2.75) is 77.8 Å². The monoisotopic (exact) mass is 398 g/mol. The molecule has 2 saturated heterocycles. The maximum absolute atomic E-state index is 6.06. The highest BCUT2D eigenvalue weighted by atomic mass is 79.9. The molecule has 0 amide bonds. The van der Waals surface area contributed by atoms with Gasteiger partial charge in [0.25, 0.3) is 0 Å². The van der Waals surface area contributed by atoms with E-state index in [0.717, 1.165) is 4.47 Å². The van der Waals surface area contributed by atoms with Crippen molar-refractivity contribution in [1.82, 2.24) is 0 Å². The van der Waals surface area contributed by atoms with Gasteiger partial charge in [0, 0.05) is 0 Å². The molecule has 2 fully saturated rings. The van der Waals surface area contributed by atoms with Crippen LogP contribution in [0.15, 0.2) is 15.0 Å². The molecule has 0 N–H and O–H groups in total. The lowest BCUT2D eigenvalue weighted by molar-refractivity contribution is 0.00578. The number of halogens is 1. The van der Waals surface area contributed by atoms with Crippen LogP contribution in [0.3, 0.4) is 0 Å². The molecule has 0 bridgehead atoms. The van der Waals surface area contributed by atoms with E-state index in [0.29, 0.717) is 11.3 Å². The topological polar surface area (TPSA) is 50.1 Å². The Balaban J connectivity index is 1.85. The lowest BCUT2D eigenvalue weighted by atomic mass is 9.86. The summed E-state index contributed by atoms with van der Waals surface area (Å²) in [5.41, 5.74) is -0.477. The molecule has 0 aromatic carbocycles. The van der Waals surface area contributed by atoms with Gasteiger partial charge in [0.15, 0.2) is 0 Å². The average molecular weight is 399 g/mol. The van der Waals surface area contributed by atoms with E-state index in [9.17, 15) is 0 Å². The van der Waals surface area contributed by atoms with E-state index in [1.807, 2.05) is 61.5 Å². The number of hydrogen-bond acceptors (Lipinski definition) is 5. The highest BCUT2D eigenvalue weighted by molar-refractivity contribution is 9.10.